The SMILES string of the molecule is CS(=O)(=O)c1ccc(C(=O)NCCCCCI)cc1. The largest absolute Gasteiger partial charge is 0.352 e. The molecule has 6 heteroatoms. The van der Waals surface area contributed by atoms with E-state index in [-0.39, 0.29) is 10.8 Å². The van der Waals surface area contributed by atoms with Gasteiger partial charge in [0.15, 0.2) is 9.84 Å². The van der Waals surface area contributed by atoms with Gasteiger partial charge in [0.05, 0.1) is 4.90 Å². The van der Waals surface area contributed by atoms with Gasteiger partial charge in [-0.05, 0) is 41.5 Å². The molecule has 1 aromatic rings. The van der Waals surface area contributed by atoms with Crippen molar-refractivity contribution in [2.24, 2.45) is 0 Å². The van der Waals surface area contributed by atoms with Crippen LogP contribution in [0, 0.1) is 0 Å². The summed E-state index contributed by atoms with van der Waals surface area (Å²) in [6, 6.07) is 5.99. The summed E-state index contributed by atoms with van der Waals surface area (Å²) in [5, 5.41) is 2.83. The summed E-state index contributed by atoms with van der Waals surface area (Å²) in [5.41, 5.74) is 0.487. The molecule has 4 nitrogen and oxygen atoms in total. The first-order valence-corrected chi connectivity index (χ1v) is 9.51. The van der Waals surface area contributed by atoms with E-state index in [1.165, 1.54) is 30.7 Å². The Kier molecular flexibility index (Phi) is 6.78. The van der Waals surface area contributed by atoms with Crippen molar-refractivity contribution in [3.05, 3.63) is 29.8 Å². The lowest BCUT2D eigenvalue weighted by Crippen LogP contribution is -2.24. The van der Waals surface area contributed by atoms with Crippen molar-refractivity contribution in [2.75, 3.05) is 17.2 Å². The lowest BCUT2D eigenvalue weighted by Gasteiger charge is -2.05. The zero-order valence-corrected chi connectivity index (χ0v) is 13.8. The van der Waals surface area contributed by atoms with Gasteiger partial charge in [-0.1, -0.05) is 29.0 Å². The number of hydrogen-bond acceptors (Lipinski definition) is 3. The van der Waals surface area contributed by atoms with Crippen LogP contribution in [0.1, 0.15) is 29.6 Å². The summed E-state index contributed by atoms with van der Waals surface area (Å²) < 4.78 is 23.7. The normalized spacial score (nSPS) is 11.3. The van der Waals surface area contributed by atoms with Crippen molar-refractivity contribution >= 4 is 38.3 Å². The predicted molar refractivity (Wildman–Crippen MR) is 84.6 cm³/mol. The van der Waals surface area contributed by atoms with E-state index in [4.69, 9.17) is 0 Å². The molecule has 0 aromatic heterocycles. The Balaban J connectivity index is 2.50. The van der Waals surface area contributed by atoms with Crippen molar-refractivity contribution in [2.45, 2.75) is 24.2 Å². The summed E-state index contributed by atoms with van der Waals surface area (Å²) >= 11 is 2.33. The number of sulfone groups is 1. The van der Waals surface area contributed by atoms with Crippen molar-refractivity contribution in [1.29, 1.82) is 0 Å². The number of rotatable bonds is 7. The van der Waals surface area contributed by atoms with E-state index >= 15 is 0 Å². The number of halogens is 1. The molecule has 0 fully saturated rings. The number of nitrogens with one attached hydrogen (secondary N) is 1. The van der Waals surface area contributed by atoms with Crippen LogP contribution in [0.4, 0.5) is 0 Å². The number of carbonyl (C=O) groups excluding carboxylic acids is 1. The first kappa shape index (κ1) is 16.4. The molecule has 0 unspecified atom stereocenters. The topological polar surface area (TPSA) is 63.2 Å². The van der Waals surface area contributed by atoms with Gasteiger partial charge in [-0.3, -0.25) is 4.79 Å². The maximum atomic E-state index is 11.8. The van der Waals surface area contributed by atoms with Gasteiger partial charge in [0.25, 0.3) is 5.91 Å². The number of hydrogen-bond donors (Lipinski definition) is 1. The zero-order chi connectivity index (χ0) is 14.3. The van der Waals surface area contributed by atoms with Crippen LogP contribution in [-0.2, 0) is 9.84 Å². The summed E-state index contributed by atoms with van der Waals surface area (Å²) in [6.45, 7) is 0.656. The van der Waals surface area contributed by atoms with E-state index in [0.717, 1.165) is 23.5 Å². The summed E-state index contributed by atoms with van der Waals surface area (Å²) in [7, 11) is -3.20. The molecule has 0 radical (unpaired) electrons. The molecule has 0 aliphatic heterocycles. The van der Waals surface area contributed by atoms with E-state index in [1.54, 1.807) is 0 Å². The highest BCUT2D eigenvalue weighted by Gasteiger charge is 2.09. The minimum atomic E-state index is -3.20. The Morgan fingerprint density at radius 1 is 1.16 bits per heavy atom. The maximum Gasteiger partial charge on any atom is 0.251 e. The Labute approximate surface area is 128 Å². The van der Waals surface area contributed by atoms with Gasteiger partial charge in [-0.15, -0.1) is 0 Å². The fraction of sp³-hybridized carbons (Fsp3) is 0.462. The van der Waals surface area contributed by atoms with E-state index in [1.807, 2.05) is 0 Å². The van der Waals surface area contributed by atoms with Gasteiger partial charge < -0.3 is 5.32 Å². The van der Waals surface area contributed by atoms with Gasteiger partial charge >= 0.3 is 0 Å². The molecule has 0 bridgehead atoms. The molecule has 1 aromatic carbocycles. The van der Waals surface area contributed by atoms with Crippen molar-refractivity contribution in [1.82, 2.24) is 5.32 Å². The number of alkyl halides is 1. The second kappa shape index (κ2) is 7.84. The lowest BCUT2D eigenvalue weighted by molar-refractivity contribution is 0.0953. The highest BCUT2D eigenvalue weighted by atomic mass is 127. The van der Waals surface area contributed by atoms with Gasteiger partial charge in [0, 0.05) is 18.4 Å². The molecule has 1 rings (SSSR count). The third-order valence-electron chi connectivity index (χ3n) is 2.64. The third-order valence-corrected chi connectivity index (χ3v) is 4.53. The van der Waals surface area contributed by atoms with Crippen LogP contribution in [0.3, 0.4) is 0 Å². The minimum Gasteiger partial charge on any atom is -0.352 e. The van der Waals surface area contributed by atoms with Gasteiger partial charge in [0.2, 0.25) is 0 Å². The highest BCUT2D eigenvalue weighted by molar-refractivity contribution is 14.1. The molecular weight excluding hydrogens is 377 g/mol. The number of carbonyl (C=O) groups is 1. The van der Waals surface area contributed by atoms with Crippen LogP contribution in [0.2, 0.25) is 0 Å². The maximum absolute atomic E-state index is 11.8. The third kappa shape index (κ3) is 5.90. The standard InChI is InChI=1S/C13H18INO3S/c1-19(17,18)12-7-5-11(6-8-12)13(16)15-10-4-2-3-9-14/h5-8H,2-4,9-10H2,1H3,(H,15,16). The van der Waals surface area contributed by atoms with Crippen molar-refractivity contribution in [3.63, 3.8) is 0 Å². The fourth-order valence-electron chi connectivity index (χ4n) is 1.55. The molecular formula is C13H18INO3S. The molecule has 0 aliphatic carbocycles. The Hall–Kier alpha value is -0.630. The number of benzene rings is 1. The van der Waals surface area contributed by atoms with Crippen LogP contribution in [0.25, 0.3) is 0 Å². The average molecular weight is 395 g/mol. The molecule has 0 heterocycles. The van der Waals surface area contributed by atoms with Gasteiger partial charge in [-0.2, -0.15) is 0 Å². The average Bonchev–Trinajstić information content (AvgIpc) is 2.37. The van der Waals surface area contributed by atoms with E-state index in [9.17, 15) is 13.2 Å². The van der Waals surface area contributed by atoms with E-state index < -0.39 is 9.84 Å². The molecule has 1 N–H and O–H groups in total. The Morgan fingerprint density at radius 3 is 2.32 bits per heavy atom. The first-order chi connectivity index (χ1) is 8.95. The summed E-state index contributed by atoms with van der Waals surface area (Å²) in [6.07, 6.45) is 4.39. The minimum absolute atomic E-state index is 0.158. The van der Waals surface area contributed by atoms with Crippen molar-refractivity contribution in [3.8, 4) is 0 Å². The molecule has 19 heavy (non-hydrogen) atoms. The quantitative estimate of drug-likeness (QED) is 0.438. The van der Waals surface area contributed by atoms with Gasteiger partial charge in [0.1, 0.15) is 0 Å². The fourth-order valence-corrected chi connectivity index (χ4v) is 2.72. The Morgan fingerprint density at radius 2 is 1.79 bits per heavy atom. The van der Waals surface area contributed by atoms with Crippen LogP contribution in [0.5, 0.6) is 0 Å². The first-order valence-electron chi connectivity index (χ1n) is 6.09. The second-order valence-corrected chi connectivity index (χ2v) is 7.40. The van der Waals surface area contributed by atoms with Crippen molar-refractivity contribution < 1.29 is 13.2 Å². The molecule has 0 saturated heterocycles. The molecule has 106 valence electrons. The van der Waals surface area contributed by atoms with E-state index in [2.05, 4.69) is 27.9 Å². The molecule has 0 atom stereocenters. The van der Waals surface area contributed by atoms with E-state index in [0.29, 0.717) is 12.1 Å². The van der Waals surface area contributed by atoms with Gasteiger partial charge in [-0.25, -0.2) is 8.42 Å². The monoisotopic (exact) mass is 395 g/mol. The van der Waals surface area contributed by atoms with Crippen LogP contribution in [0.15, 0.2) is 29.2 Å². The molecule has 0 spiro atoms. The van der Waals surface area contributed by atoms with Crippen LogP contribution >= 0.6 is 22.6 Å². The lowest BCUT2D eigenvalue weighted by atomic mass is 10.2. The predicted octanol–water partition coefficient (Wildman–Crippen LogP) is 2.43. The molecule has 0 aliphatic rings. The summed E-state index contributed by atoms with van der Waals surface area (Å²) in [5.74, 6) is -0.158. The second-order valence-electron chi connectivity index (χ2n) is 4.30. The highest BCUT2D eigenvalue weighted by Crippen LogP contribution is 2.10. The number of amides is 1. The number of unbranched alkanes of at least 4 members (excludes halogenated alkanes) is 2. The summed E-state index contributed by atoms with van der Waals surface area (Å²) in [4.78, 5) is 12.0. The molecule has 0 saturated carbocycles. The van der Waals surface area contributed by atoms with Crippen LogP contribution in [-0.4, -0.2) is 31.6 Å². The Bertz CT molecular complexity index is 511. The zero-order valence-electron chi connectivity index (χ0n) is 10.9. The van der Waals surface area contributed by atoms with Crippen LogP contribution < -0.4 is 5.32 Å². The smallest absolute Gasteiger partial charge is 0.251 e. The molecule has 1 amide bonds.